The van der Waals surface area contributed by atoms with Crippen LogP contribution in [-0.4, -0.2) is 12.5 Å². The molecule has 94 valence electrons. The minimum Gasteiger partial charge on any atom is -0.370 e. The van der Waals surface area contributed by atoms with Crippen molar-refractivity contribution in [3.63, 3.8) is 0 Å². The number of hydrogen-bond donors (Lipinski definition) is 2. The molecule has 0 aliphatic carbocycles. The second-order valence-electron chi connectivity index (χ2n) is 3.18. The monoisotopic (exact) mass is 265 g/mol. The van der Waals surface area contributed by atoms with Gasteiger partial charge in [-0.15, -0.1) is 0 Å². The van der Waals surface area contributed by atoms with Crippen LogP contribution in [0.5, 0.6) is 0 Å². The minimum atomic E-state index is -4.41. The Morgan fingerprint density at radius 2 is 2.12 bits per heavy atom. The van der Waals surface area contributed by atoms with Gasteiger partial charge in [-0.3, -0.25) is 4.99 Å². The van der Waals surface area contributed by atoms with Gasteiger partial charge in [0, 0.05) is 6.54 Å². The number of halogens is 4. The normalized spacial score (nSPS) is 12.6. The molecule has 1 rings (SSSR count). The average molecular weight is 266 g/mol. The lowest BCUT2D eigenvalue weighted by Crippen LogP contribution is -2.23. The molecule has 0 spiro atoms. The van der Waals surface area contributed by atoms with Gasteiger partial charge >= 0.3 is 6.18 Å². The van der Waals surface area contributed by atoms with Crippen LogP contribution in [0.25, 0.3) is 0 Å². The fraction of sp³-hybridized carbons (Fsp3) is 0.300. The lowest BCUT2D eigenvalue weighted by atomic mass is 10.2. The summed E-state index contributed by atoms with van der Waals surface area (Å²) in [6, 6.07) is 2.97. The number of nitrogens with one attached hydrogen (secondary N) is 1. The lowest BCUT2D eigenvalue weighted by Gasteiger charge is -2.11. The highest BCUT2D eigenvalue weighted by Crippen LogP contribution is 2.33. The van der Waals surface area contributed by atoms with Crippen LogP contribution in [0, 0.1) is 0 Å². The third kappa shape index (κ3) is 3.81. The number of guanidine groups is 1. The van der Waals surface area contributed by atoms with Crippen LogP contribution in [0.1, 0.15) is 12.5 Å². The van der Waals surface area contributed by atoms with Gasteiger partial charge in [0.25, 0.3) is 0 Å². The Bertz CT molecular complexity index is 429. The number of nitrogens with zero attached hydrogens (tertiary/aromatic N) is 1. The molecule has 1 aromatic rings. The van der Waals surface area contributed by atoms with E-state index in [0.29, 0.717) is 6.54 Å². The first-order chi connectivity index (χ1) is 7.84. The first kappa shape index (κ1) is 13.6. The van der Waals surface area contributed by atoms with Crippen molar-refractivity contribution in [2.24, 2.45) is 10.7 Å². The van der Waals surface area contributed by atoms with Crippen LogP contribution in [0.2, 0.25) is 5.02 Å². The summed E-state index contributed by atoms with van der Waals surface area (Å²) in [5.41, 5.74) is 4.95. The van der Waals surface area contributed by atoms with E-state index in [9.17, 15) is 13.2 Å². The molecule has 0 aromatic heterocycles. The van der Waals surface area contributed by atoms with Crippen LogP contribution >= 0.6 is 11.6 Å². The molecule has 0 radical (unpaired) electrons. The third-order valence-electron chi connectivity index (χ3n) is 1.89. The molecule has 1 aromatic carbocycles. The van der Waals surface area contributed by atoms with Gasteiger partial charge in [0.2, 0.25) is 0 Å². The number of aliphatic imine (C=N–C) groups is 1. The molecule has 0 aliphatic heterocycles. The zero-order valence-corrected chi connectivity index (χ0v) is 9.73. The molecule has 0 aliphatic rings. The van der Waals surface area contributed by atoms with Crippen molar-refractivity contribution in [2.45, 2.75) is 13.1 Å². The van der Waals surface area contributed by atoms with Crippen LogP contribution in [0.15, 0.2) is 23.2 Å². The second kappa shape index (κ2) is 5.27. The number of anilines is 1. The summed E-state index contributed by atoms with van der Waals surface area (Å²) in [6.07, 6.45) is -4.41. The van der Waals surface area contributed by atoms with E-state index < -0.39 is 11.7 Å². The van der Waals surface area contributed by atoms with E-state index in [1.54, 1.807) is 6.92 Å². The van der Waals surface area contributed by atoms with E-state index >= 15 is 0 Å². The maximum Gasteiger partial charge on any atom is 0.416 e. The second-order valence-corrected chi connectivity index (χ2v) is 3.58. The van der Waals surface area contributed by atoms with E-state index in [-0.39, 0.29) is 16.7 Å². The van der Waals surface area contributed by atoms with Crippen molar-refractivity contribution in [2.75, 3.05) is 11.9 Å². The summed E-state index contributed by atoms with van der Waals surface area (Å²) in [5, 5.41) is 2.56. The Morgan fingerprint density at radius 3 is 2.59 bits per heavy atom. The SMILES string of the molecule is CCN=C(N)Nc1ccc(C(F)(F)F)cc1Cl. The van der Waals surface area contributed by atoms with Crippen LogP contribution in [0.3, 0.4) is 0 Å². The molecule has 0 fully saturated rings. The van der Waals surface area contributed by atoms with E-state index in [1.165, 1.54) is 6.07 Å². The fourth-order valence-corrected chi connectivity index (χ4v) is 1.37. The molecule has 3 nitrogen and oxygen atoms in total. The summed E-state index contributed by atoms with van der Waals surface area (Å²) in [5.74, 6) is 0.106. The molecule has 0 amide bonds. The van der Waals surface area contributed by atoms with Crippen LogP contribution < -0.4 is 11.1 Å². The maximum absolute atomic E-state index is 12.4. The number of rotatable bonds is 2. The van der Waals surface area contributed by atoms with Gasteiger partial charge in [-0.05, 0) is 25.1 Å². The first-order valence-electron chi connectivity index (χ1n) is 4.78. The number of benzene rings is 1. The fourth-order valence-electron chi connectivity index (χ4n) is 1.14. The Kier molecular flexibility index (Phi) is 4.22. The molecular formula is C10H11ClF3N3. The summed E-state index contributed by atoms with van der Waals surface area (Å²) in [4.78, 5) is 3.83. The number of hydrogen-bond acceptors (Lipinski definition) is 1. The standard InChI is InChI=1S/C10H11ClF3N3/c1-2-16-9(15)17-8-4-3-6(5-7(8)11)10(12,13)14/h3-5H,2H2,1H3,(H3,15,16,17). The molecule has 0 bridgehead atoms. The van der Waals surface area contributed by atoms with E-state index in [2.05, 4.69) is 10.3 Å². The molecule has 0 atom stereocenters. The molecule has 0 heterocycles. The van der Waals surface area contributed by atoms with Crippen molar-refractivity contribution in [3.05, 3.63) is 28.8 Å². The predicted octanol–water partition coefficient (Wildman–Crippen LogP) is 3.11. The molecule has 0 saturated carbocycles. The quantitative estimate of drug-likeness (QED) is 0.638. The van der Waals surface area contributed by atoms with Crippen LogP contribution in [0.4, 0.5) is 18.9 Å². The van der Waals surface area contributed by atoms with Gasteiger partial charge in [-0.25, -0.2) is 0 Å². The molecular weight excluding hydrogens is 255 g/mol. The van der Waals surface area contributed by atoms with Crippen molar-refractivity contribution >= 4 is 23.2 Å². The maximum atomic E-state index is 12.4. The van der Waals surface area contributed by atoms with Crippen molar-refractivity contribution in [1.29, 1.82) is 0 Å². The number of alkyl halides is 3. The molecule has 0 saturated heterocycles. The Labute approximate surface area is 101 Å². The average Bonchev–Trinajstić information content (AvgIpc) is 2.20. The van der Waals surface area contributed by atoms with Gasteiger partial charge in [0.15, 0.2) is 5.96 Å². The zero-order valence-electron chi connectivity index (χ0n) is 8.98. The summed E-state index contributed by atoms with van der Waals surface area (Å²) >= 11 is 5.71. The molecule has 3 N–H and O–H groups in total. The summed E-state index contributed by atoms with van der Waals surface area (Å²) in [6.45, 7) is 2.25. The topological polar surface area (TPSA) is 50.4 Å². The van der Waals surface area contributed by atoms with E-state index in [1.807, 2.05) is 0 Å². The Balaban J connectivity index is 2.95. The van der Waals surface area contributed by atoms with Crippen molar-refractivity contribution < 1.29 is 13.2 Å². The van der Waals surface area contributed by atoms with Gasteiger partial charge in [0.05, 0.1) is 16.3 Å². The molecule has 0 unspecified atom stereocenters. The highest BCUT2D eigenvalue weighted by molar-refractivity contribution is 6.33. The Hall–Kier alpha value is -1.43. The molecule has 17 heavy (non-hydrogen) atoms. The summed E-state index contributed by atoms with van der Waals surface area (Å²) < 4.78 is 37.1. The Morgan fingerprint density at radius 1 is 1.47 bits per heavy atom. The summed E-state index contributed by atoms with van der Waals surface area (Å²) in [7, 11) is 0. The van der Waals surface area contributed by atoms with Gasteiger partial charge in [-0.2, -0.15) is 13.2 Å². The van der Waals surface area contributed by atoms with Crippen LogP contribution in [-0.2, 0) is 6.18 Å². The highest BCUT2D eigenvalue weighted by atomic mass is 35.5. The largest absolute Gasteiger partial charge is 0.416 e. The highest BCUT2D eigenvalue weighted by Gasteiger charge is 2.30. The number of nitrogens with two attached hydrogens (primary N) is 1. The van der Waals surface area contributed by atoms with Gasteiger partial charge < -0.3 is 11.1 Å². The third-order valence-corrected chi connectivity index (χ3v) is 2.20. The van der Waals surface area contributed by atoms with Gasteiger partial charge in [0.1, 0.15) is 0 Å². The minimum absolute atomic E-state index is 0.0610. The van der Waals surface area contributed by atoms with Crippen molar-refractivity contribution in [1.82, 2.24) is 0 Å². The van der Waals surface area contributed by atoms with E-state index in [0.717, 1.165) is 12.1 Å². The van der Waals surface area contributed by atoms with Crippen molar-refractivity contribution in [3.8, 4) is 0 Å². The zero-order chi connectivity index (χ0) is 13.1. The van der Waals surface area contributed by atoms with E-state index in [4.69, 9.17) is 17.3 Å². The molecule has 7 heteroatoms. The lowest BCUT2D eigenvalue weighted by molar-refractivity contribution is -0.137. The first-order valence-corrected chi connectivity index (χ1v) is 5.16. The predicted molar refractivity (Wildman–Crippen MR) is 62.2 cm³/mol. The van der Waals surface area contributed by atoms with Gasteiger partial charge in [-0.1, -0.05) is 11.6 Å². The smallest absolute Gasteiger partial charge is 0.370 e.